The number of hydrogen-bond donors (Lipinski definition) is 2. The van der Waals surface area contributed by atoms with Crippen LogP contribution in [-0.4, -0.2) is 43.1 Å². The van der Waals surface area contributed by atoms with Crippen LogP contribution in [0.25, 0.3) is 0 Å². The molecule has 1 aliphatic carbocycles. The van der Waals surface area contributed by atoms with Gasteiger partial charge in [0.1, 0.15) is 6.17 Å². The molecule has 8 nitrogen and oxygen atoms in total. The zero-order valence-electron chi connectivity index (χ0n) is 13.1. The average Bonchev–Trinajstić information content (AvgIpc) is 2.87. The highest BCUT2D eigenvalue weighted by atomic mass is 16.5. The van der Waals surface area contributed by atoms with Gasteiger partial charge in [-0.15, -0.1) is 0 Å². The first-order chi connectivity index (χ1) is 10.9. The second-order valence-electron chi connectivity index (χ2n) is 6.17. The number of fused-ring (bicyclic) bond motifs is 1. The van der Waals surface area contributed by atoms with Gasteiger partial charge in [-0.1, -0.05) is 0 Å². The second kappa shape index (κ2) is 5.21. The molecule has 1 saturated carbocycles. The lowest BCUT2D eigenvalue weighted by atomic mass is 9.62. The van der Waals surface area contributed by atoms with Crippen LogP contribution in [0.5, 0.6) is 0 Å². The quantitative estimate of drug-likeness (QED) is 0.531. The fourth-order valence-corrected chi connectivity index (χ4v) is 4.27. The molecule has 2 unspecified atom stereocenters. The van der Waals surface area contributed by atoms with Crippen LogP contribution in [-0.2, 0) is 28.7 Å². The van der Waals surface area contributed by atoms with E-state index in [9.17, 15) is 19.2 Å². The van der Waals surface area contributed by atoms with Crippen molar-refractivity contribution in [2.75, 3.05) is 13.2 Å². The van der Waals surface area contributed by atoms with Crippen molar-refractivity contribution in [1.29, 1.82) is 0 Å². The summed E-state index contributed by atoms with van der Waals surface area (Å²) in [4.78, 5) is 50.3. The lowest BCUT2D eigenvalue weighted by Gasteiger charge is -2.48. The van der Waals surface area contributed by atoms with Crippen molar-refractivity contribution in [1.82, 2.24) is 10.6 Å². The Morgan fingerprint density at radius 1 is 1.00 bits per heavy atom. The van der Waals surface area contributed by atoms with Gasteiger partial charge in [0, 0.05) is 5.92 Å². The SMILES string of the molecule is CCOC(=O)C12CCC3(C(=O)OCC)C(=O)NC(CC13)NC2=O. The third kappa shape index (κ3) is 1.83. The number of rotatable bonds is 4. The minimum absolute atomic E-state index is 0.0985. The predicted octanol–water partition coefficient (Wildman–Crippen LogP) is -0.529. The first-order valence-corrected chi connectivity index (χ1v) is 7.89. The van der Waals surface area contributed by atoms with E-state index in [1.54, 1.807) is 13.8 Å². The molecule has 2 atom stereocenters. The van der Waals surface area contributed by atoms with Crippen molar-refractivity contribution in [2.24, 2.45) is 16.7 Å². The van der Waals surface area contributed by atoms with Crippen LogP contribution in [0.3, 0.4) is 0 Å². The molecule has 2 aliphatic heterocycles. The molecule has 0 aromatic rings. The van der Waals surface area contributed by atoms with Gasteiger partial charge in [0.25, 0.3) is 0 Å². The van der Waals surface area contributed by atoms with Crippen LogP contribution in [0.4, 0.5) is 0 Å². The van der Waals surface area contributed by atoms with Crippen molar-refractivity contribution in [2.45, 2.75) is 39.3 Å². The molecule has 0 spiro atoms. The van der Waals surface area contributed by atoms with Gasteiger partial charge < -0.3 is 20.1 Å². The molecule has 3 aliphatic rings. The van der Waals surface area contributed by atoms with E-state index in [-0.39, 0.29) is 26.1 Å². The van der Waals surface area contributed by atoms with E-state index in [1.165, 1.54) is 0 Å². The van der Waals surface area contributed by atoms with Crippen LogP contribution in [0.15, 0.2) is 0 Å². The van der Waals surface area contributed by atoms with E-state index in [0.29, 0.717) is 6.42 Å². The molecule has 126 valence electrons. The summed E-state index contributed by atoms with van der Waals surface area (Å²) in [7, 11) is 0. The smallest absolute Gasteiger partial charge is 0.321 e. The summed E-state index contributed by atoms with van der Waals surface area (Å²) in [6, 6.07) is 0. The zero-order valence-corrected chi connectivity index (χ0v) is 13.1. The van der Waals surface area contributed by atoms with Crippen molar-refractivity contribution < 1.29 is 28.7 Å². The maximum atomic E-state index is 12.6. The Bertz CT molecular complexity index is 523. The number of hydrogen-bond acceptors (Lipinski definition) is 6. The Balaban J connectivity index is 2.09. The lowest BCUT2D eigenvalue weighted by Crippen LogP contribution is -2.71. The lowest BCUT2D eigenvalue weighted by molar-refractivity contribution is -0.179. The topological polar surface area (TPSA) is 111 Å². The maximum absolute atomic E-state index is 12.6. The van der Waals surface area contributed by atoms with Crippen LogP contribution < -0.4 is 10.6 Å². The number of amides is 2. The van der Waals surface area contributed by atoms with Crippen molar-refractivity contribution >= 4 is 23.8 Å². The Hall–Kier alpha value is -2.12. The van der Waals surface area contributed by atoms with Gasteiger partial charge in [-0.3, -0.25) is 19.2 Å². The Labute approximate surface area is 133 Å². The van der Waals surface area contributed by atoms with Gasteiger partial charge in [0.2, 0.25) is 11.8 Å². The number of nitrogens with one attached hydrogen (secondary N) is 2. The van der Waals surface area contributed by atoms with E-state index < -0.39 is 46.7 Å². The van der Waals surface area contributed by atoms with Gasteiger partial charge in [-0.05, 0) is 33.1 Å². The molecule has 2 amide bonds. The standard InChI is InChI=1S/C15H20N2O6/c1-3-22-12(20)14-5-6-15(13(21)23-4-2)8(14)7-9(16-10(14)18)17-11(15)19/h8-9H,3-7H2,1-2H3,(H,16,18)(H,17,19). The Morgan fingerprint density at radius 3 is 1.83 bits per heavy atom. The molecule has 2 heterocycles. The van der Waals surface area contributed by atoms with E-state index in [0.717, 1.165) is 0 Å². The third-order valence-corrected chi connectivity index (χ3v) is 5.28. The van der Waals surface area contributed by atoms with Gasteiger partial charge in [0.15, 0.2) is 10.8 Å². The van der Waals surface area contributed by atoms with Crippen molar-refractivity contribution in [3.8, 4) is 0 Å². The molecular formula is C15H20N2O6. The maximum Gasteiger partial charge on any atom is 0.321 e. The molecule has 3 fully saturated rings. The summed E-state index contributed by atoms with van der Waals surface area (Å²) in [5.41, 5.74) is -2.98. The minimum atomic E-state index is -1.49. The van der Waals surface area contributed by atoms with Crippen LogP contribution in [0, 0.1) is 16.7 Å². The van der Waals surface area contributed by atoms with Gasteiger partial charge in [-0.25, -0.2) is 0 Å². The zero-order chi connectivity index (χ0) is 16.8. The second-order valence-corrected chi connectivity index (χ2v) is 6.17. The number of esters is 2. The highest BCUT2D eigenvalue weighted by molar-refractivity contribution is 6.12. The molecule has 2 bridgehead atoms. The third-order valence-electron chi connectivity index (χ3n) is 5.28. The first-order valence-electron chi connectivity index (χ1n) is 7.89. The van der Waals surface area contributed by atoms with E-state index in [1.807, 2.05) is 0 Å². The largest absolute Gasteiger partial charge is 0.465 e. The number of carbonyl (C=O) groups is 4. The Kier molecular flexibility index (Phi) is 3.57. The average molecular weight is 324 g/mol. The molecule has 23 heavy (non-hydrogen) atoms. The van der Waals surface area contributed by atoms with Crippen molar-refractivity contribution in [3.05, 3.63) is 0 Å². The molecular weight excluding hydrogens is 304 g/mol. The minimum Gasteiger partial charge on any atom is -0.465 e. The summed E-state index contributed by atoms with van der Waals surface area (Å²) in [6.07, 6.45) is -0.0549. The van der Waals surface area contributed by atoms with Gasteiger partial charge in [-0.2, -0.15) is 0 Å². The van der Waals surface area contributed by atoms with Crippen LogP contribution in [0.1, 0.15) is 33.1 Å². The molecule has 0 radical (unpaired) electrons. The molecule has 8 heteroatoms. The first kappa shape index (κ1) is 15.8. The van der Waals surface area contributed by atoms with E-state index in [4.69, 9.17) is 9.47 Å². The monoisotopic (exact) mass is 324 g/mol. The van der Waals surface area contributed by atoms with Gasteiger partial charge in [0.05, 0.1) is 13.2 Å². The molecule has 2 N–H and O–H groups in total. The number of ether oxygens (including phenoxy) is 2. The predicted molar refractivity (Wildman–Crippen MR) is 75.5 cm³/mol. The van der Waals surface area contributed by atoms with E-state index in [2.05, 4.69) is 10.6 Å². The van der Waals surface area contributed by atoms with E-state index >= 15 is 0 Å². The normalized spacial score (nSPS) is 37.7. The van der Waals surface area contributed by atoms with Gasteiger partial charge >= 0.3 is 11.9 Å². The fraction of sp³-hybridized carbons (Fsp3) is 0.733. The fourth-order valence-electron chi connectivity index (χ4n) is 4.27. The highest BCUT2D eigenvalue weighted by Gasteiger charge is 2.75. The van der Waals surface area contributed by atoms with Crippen molar-refractivity contribution in [3.63, 3.8) is 0 Å². The number of piperidine rings is 2. The molecule has 3 rings (SSSR count). The van der Waals surface area contributed by atoms with Crippen LogP contribution >= 0.6 is 0 Å². The summed E-state index contributed by atoms with van der Waals surface area (Å²) in [5.74, 6) is -3.03. The van der Waals surface area contributed by atoms with Crippen LogP contribution in [0.2, 0.25) is 0 Å². The summed E-state index contributed by atoms with van der Waals surface area (Å²) in [5, 5.41) is 5.30. The Morgan fingerprint density at radius 2 is 1.43 bits per heavy atom. The summed E-state index contributed by atoms with van der Waals surface area (Å²) in [6.45, 7) is 3.56. The summed E-state index contributed by atoms with van der Waals surface area (Å²) >= 11 is 0. The highest BCUT2D eigenvalue weighted by Crippen LogP contribution is 2.60. The summed E-state index contributed by atoms with van der Waals surface area (Å²) < 4.78 is 10.2. The molecule has 0 aromatic carbocycles. The molecule has 2 saturated heterocycles. The molecule has 0 aromatic heterocycles. The number of carbonyl (C=O) groups excluding carboxylic acids is 4.